The normalized spacial score (nSPS) is 17.1. The first-order valence-corrected chi connectivity index (χ1v) is 12.6. The van der Waals surface area contributed by atoms with Gasteiger partial charge in [-0.05, 0) is 86.8 Å². The second-order valence-electron chi connectivity index (χ2n) is 8.83. The number of aliphatic hydroxyl groups is 1. The SMILES string of the molecule is CCN(CC)c1ccc(C2/C(=C(\O)c3ccc(Cl)c(Cl)c3)C(=O)C(=O)N2c2ccc(C)c(C)c2)cc1. The maximum absolute atomic E-state index is 13.4. The third-order valence-electron chi connectivity index (χ3n) is 6.74. The standard InChI is InChI=1S/C29H28Cl2N2O3/c1-5-32(6-2)21-12-8-19(9-13-21)26-25(27(34)20-10-14-23(30)24(31)16-20)28(35)29(36)33(26)22-11-7-17(3)18(4)15-22/h7-16,26,34H,5-6H2,1-4H3/b27-25+. The summed E-state index contributed by atoms with van der Waals surface area (Å²) in [5.41, 5.74) is 4.73. The first kappa shape index (κ1) is 25.8. The molecule has 36 heavy (non-hydrogen) atoms. The monoisotopic (exact) mass is 522 g/mol. The highest BCUT2D eigenvalue weighted by Gasteiger charge is 2.47. The summed E-state index contributed by atoms with van der Waals surface area (Å²) >= 11 is 12.2. The van der Waals surface area contributed by atoms with E-state index in [0.29, 0.717) is 21.8 Å². The van der Waals surface area contributed by atoms with Crippen LogP contribution in [0.25, 0.3) is 5.76 Å². The van der Waals surface area contributed by atoms with Gasteiger partial charge in [0.05, 0.1) is 21.7 Å². The van der Waals surface area contributed by atoms with Crippen molar-refractivity contribution in [3.63, 3.8) is 0 Å². The van der Waals surface area contributed by atoms with Crippen LogP contribution in [0.15, 0.2) is 66.2 Å². The Morgan fingerprint density at radius 3 is 2.14 bits per heavy atom. The van der Waals surface area contributed by atoms with Crippen molar-refractivity contribution >= 4 is 52.0 Å². The number of aliphatic hydroxyl groups excluding tert-OH is 1. The second kappa shape index (κ2) is 10.4. The highest BCUT2D eigenvalue weighted by molar-refractivity contribution is 6.51. The molecule has 1 aliphatic rings. The number of carbonyl (C=O) groups excluding carboxylic acids is 2. The first-order valence-electron chi connectivity index (χ1n) is 11.9. The fourth-order valence-corrected chi connectivity index (χ4v) is 4.84. The summed E-state index contributed by atoms with van der Waals surface area (Å²) in [6.07, 6.45) is 0. The average Bonchev–Trinajstić information content (AvgIpc) is 3.13. The fraction of sp³-hybridized carbons (Fsp3) is 0.241. The molecule has 4 rings (SSSR count). The van der Waals surface area contributed by atoms with Crippen molar-refractivity contribution < 1.29 is 14.7 Å². The number of aryl methyl sites for hydroxylation is 2. The van der Waals surface area contributed by atoms with Crippen LogP contribution >= 0.6 is 23.2 Å². The minimum absolute atomic E-state index is 0.00667. The molecule has 1 fully saturated rings. The van der Waals surface area contributed by atoms with Gasteiger partial charge in [-0.2, -0.15) is 0 Å². The number of Topliss-reactive ketones (excluding diaryl/α,β-unsaturated/α-hetero) is 1. The van der Waals surface area contributed by atoms with Gasteiger partial charge in [0.2, 0.25) is 0 Å². The van der Waals surface area contributed by atoms with Gasteiger partial charge in [-0.1, -0.05) is 41.4 Å². The van der Waals surface area contributed by atoms with E-state index in [1.807, 2.05) is 56.3 Å². The Kier molecular flexibility index (Phi) is 7.43. The Morgan fingerprint density at radius 1 is 0.889 bits per heavy atom. The molecule has 1 heterocycles. The fourth-order valence-electron chi connectivity index (χ4n) is 4.54. The Bertz CT molecular complexity index is 1360. The van der Waals surface area contributed by atoms with Gasteiger partial charge in [0, 0.05) is 30.0 Å². The molecule has 3 aromatic rings. The number of carbonyl (C=O) groups is 2. The summed E-state index contributed by atoms with van der Waals surface area (Å²) in [5.74, 6) is -1.75. The van der Waals surface area contributed by atoms with E-state index in [0.717, 1.165) is 29.9 Å². The summed E-state index contributed by atoms with van der Waals surface area (Å²) in [7, 11) is 0. The van der Waals surface area contributed by atoms with Crippen LogP contribution in [0.3, 0.4) is 0 Å². The van der Waals surface area contributed by atoms with E-state index in [1.165, 1.54) is 11.0 Å². The lowest BCUT2D eigenvalue weighted by Crippen LogP contribution is -2.29. The van der Waals surface area contributed by atoms with Gasteiger partial charge >= 0.3 is 0 Å². The molecule has 0 saturated carbocycles. The van der Waals surface area contributed by atoms with Gasteiger partial charge in [0.25, 0.3) is 11.7 Å². The van der Waals surface area contributed by atoms with Crippen molar-refractivity contribution in [3.05, 3.63) is 98.5 Å². The third-order valence-corrected chi connectivity index (χ3v) is 7.48. The summed E-state index contributed by atoms with van der Waals surface area (Å²) in [4.78, 5) is 30.4. The molecule has 0 spiro atoms. The predicted molar refractivity (Wildman–Crippen MR) is 147 cm³/mol. The predicted octanol–water partition coefficient (Wildman–Crippen LogP) is 7.08. The smallest absolute Gasteiger partial charge is 0.300 e. The van der Waals surface area contributed by atoms with E-state index in [-0.39, 0.29) is 16.4 Å². The molecule has 1 amide bonds. The summed E-state index contributed by atoms with van der Waals surface area (Å²) in [6, 6.07) is 17.2. The highest BCUT2D eigenvalue weighted by Crippen LogP contribution is 2.43. The largest absolute Gasteiger partial charge is 0.507 e. The van der Waals surface area contributed by atoms with Gasteiger partial charge in [-0.15, -0.1) is 0 Å². The maximum atomic E-state index is 13.4. The van der Waals surface area contributed by atoms with Crippen LogP contribution in [0.2, 0.25) is 10.0 Å². The minimum atomic E-state index is -0.813. The molecule has 7 heteroatoms. The van der Waals surface area contributed by atoms with Crippen LogP contribution in [0.1, 0.15) is 42.1 Å². The lowest BCUT2D eigenvalue weighted by atomic mass is 9.94. The van der Waals surface area contributed by atoms with Gasteiger partial charge in [-0.25, -0.2) is 0 Å². The molecular weight excluding hydrogens is 495 g/mol. The number of benzene rings is 3. The molecule has 0 aromatic heterocycles. The zero-order valence-corrected chi connectivity index (χ0v) is 22.2. The van der Waals surface area contributed by atoms with Gasteiger partial charge < -0.3 is 10.0 Å². The molecular formula is C29H28Cl2N2O3. The van der Waals surface area contributed by atoms with Crippen molar-refractivity contribution in [2.24, 2.45) is 0 Å². The molecule has 3 aromatic carbocycles. The first-order chi connectivity index (χ1) is 17.2. The summed E-state index contributed by atoms with van der Waals surface area (Å²) in [5, 5.41) is 11.9. The Balaban J connectivity index is 1.92. The van der Waals surface area contributed by atoms with Crippen molar-refractivity contribution in [2.75, 3.05) is 22.9 Å². The number of rotatable bonds is 6. The second-order valence-corrected chi connectivity index (χ2v) is 9.64. The van der Waals surface area contributed by atoms with Crippen molar-refractivity contribution in [1.82, 2.24) is 0 Å². The van der Waals surface area contributed by atoms with Crippen LogP contribution < -0.4 is 9.80 Å². The van der Waals surface area contributed by atoms with E-state index >= 15 is 0 Å². The van der Waals surface area contributed by atoms with Gasteiger partial charge in [-0.3, -0.25) is 14.5 Å². The molecule has 186 valence electrons. The number of hydrogen-bond donors (Lipinski definition) is 1. The summed E-state index contributed by atoms with van der Waals surface area (Å²) < 4.78 is 0. The van der Waals surface area contributed by atoms with Gasteiger partial charge in [0.15, 0.2) is 0 Å². The van der Waals surface area contributed by atoms with Crippen molar-refractivity contribution in [3.8, 4) is 0 Å². The van der Waals surface area contributed by atoms with E-state index in [9.17, 15) is 14.7 Å². The van der Waals surface area contributed by atoms with E-state index in [4.69, 9.17) is 23.2 Å². The average molecular weight is 523 g/mol. The Hall–Kier alpha value is -3.28. The van der Waals surface area contributed by atoms with E-state index in [1.54, 1.807) is 12.1 Å². The Morgan fingerprint density at radius 2 is 1.56 bits per heavy atom. The zero-order chi connectivity index (χ0) is 26.1. The maximum Gasteiger partial charge on any atom is 0.300 e. The molecule has 1 N–H and O–H groups in total. The highest BCUT2D eigenvalue weighted by atomic mass is 35.5. The molecule has 0 aliphatic carbocycles. The molecule has 1 atom stereocenters. The Labute approximate surface area is 221 Å². The molecule has 1 aliphatic heterocycles. The van der Waals surface area contributed by atoms with Crippen molar-refractivity contribution in [2.45, 2.75) is 33.7 Å². The van der Waals surface area contributed by atoms with Gasteiger partial charge in [0.1, 0.15) is 5.76 Å². The lowest BCUT2D eigenvalue weighted by Gasteiger charge is -2.27. The van der Waals surface area contributed by atoms with Crippen LogP contribution in [0.5, 0.6) is 0 Å². The number of halogens is 2. The molecule has 5 nitrogen and oxygen atoms in total. The minimum Gasteiger partial charge on any atom is -0.507 e. The molecule has 0 bridgehead atoms. The number of anilines is 2. The molecule has 1 unspecified atom stereocenters. The van der Waals surface area contributed by atoms with Crippen LogP contribution in [0.4, 0.5) is 11.4 Å². The van der Waals surface area contributed by atoms with E-state index in [2.05, 4.69) is 18.7 Å². The third kappa shape index (κ3) is 4.61. The van der Waals surface area contributed by atoms with E-state index < -0.39 is 17.7 Å². The zero-order valence-electron chi connectivity index (χ0n) is 20.7. The number of ketones is 1. The van der Waals surface area contributed by atoms with Crippen molar-refractivity contribution in [1.29, 1.82) is 0 Å². The topological polar surface area (TPSA) is 60.9 Å². The summed E-state index contributed by atoms with van der Waals surface area (Å²) in [6.45, 7) is 9.83. The number of hydrogen-bond acceptors (Lipinski definition) is 4. The quantitative estimate of drug-likeness (QED) is 0.213. The van der Waals surface area contributed by atoms with Crippen LogP contribution in [0, 0.1) is 13.8 Å². The number of amides is 1. The van der Waals surface area contributed by atoms with Crippen LogP contribution in [-0.4, -0.2) is 29.9 Å². The van der Waals surface area contributed by atoms with Crippen LogP contribution in [-0.2, 0) is 9.59 Å². The lowest BCUT2D eigenvalue weighted by molar-refractivity contribution is -0.132. The number of nitrogens with zero attached hydrogens (tertiary/aromatic N) is 2. The molecule has 0 radical (unpaired) electrons. The molecule has 1 saturated heterocycles.